The van der Waals surface area contributed by atoms with Crippen molar-refractivity contribution < 1.29 is 9.53 Å². The summed E-state index contributed by atoms with van der Waals surface area (Å²) in [6, 6.07) is 6.93. The fourth-order valence-electron chi connectivity index (χ4n) is 1.39. The summed E-state index contributed by atoms with van der Waals surface area (Å²) >= 11 is 0. The first-order valence-electron chi connectivity index (χ1n) is 4.75. The van der Waals surface area contributed by atoms with Gasteiger partial charge in [-0.3, -0.25) is 4.79 Å². The van der Waals surface area contributed by atoms with Crippen LogP contribution >= 0.6 is 0 Å². The van der Waals surface area contributed by atoms with E-state index in [1.165, 1.54) is 0 Å². The van der Waals surface area contributed by atoms with Gasteiger partial charge in [-0.2, -0.15) is 0 Å². The van der Waals surface area contributed by atoms with Gasteiger partial charge in [0.2, 0.25) is 0 Å². The number of rotatable bonds is 3. The molecule has 1 heterocycles. The molecule has 4 heteroatoms. The van der Waals surface area contributed by atoms with Crippen LogP contribution in [-0.4, -0.2) is 23.4 Å². The first-order valence-corrected chi connectivity index (χ1v) is 4.75. The van der Waals surface area contributed by atoms with E-state index in [2.05, 4.69) is 9.97 Å². The molecule has 0 spiro atoms. The number of aldehydes is 1. The van der Waals surface area contributed by atoms with E-state index in [-0.39, 0.29) is 0 Å². The zero-order valence-electron chi connectivity index (χ0n) is 8.75. The fraction of sp³-hybridized carbons (Fsp3) is 0.0833. The number of methoxy groups -OCH3 is 1. The van der Waals surface area contributed by atoms with Gasteiger partial charge in [0.05, 0.1) is 7.11 Å². The van der Waals surface area contributed by atoms with E-state index >= 15 is 0 Å². The summed E-state index contributed by atoms with van der Waals surface area (Å²) in [6.07, 6.45) is 4.08. The average Bonchev–Trinajstić information content (AvgIpc) is 2.39. The molecule has 0 N–H and O–H groups in total. The van der Waals surface area contributed by atoms with Crippen molar-refractivity contribution in [1.29, 1.82) is 0 Å². The van der Waals surface area contributed by atoms with Crippen molar-refractivity contribution in [2.24, 2.45) is 0 Å². The molecular weight excluding hydrogens is 204 g/mol. The van der Waals surface area contributed by atoms with E-state index in [1.807, 2.05) is 0 Å². The van der Waals surface area contributed by atoms with E-state index in [4.69, 9.17) is 4.74 Å². The van der Waals surface area contributed by atoms with Crippen molar-refractivity contribution in [3.05, 3.63) is 42.2 Å². The lowest BCUT2D eigenvalue weighted by atomic mass is 10.1. The van der Waals surface area contributed by atoms with Gasteiger partial charge in [0, 0.05) is 23.5 Å². The van der Waals surface area contributed by atoms with Crippen molar-refractivity contribution in [2.45, 2.75) is 0 Å². The summed E-state index contributed by atoms with van der Waals surface area (Å²) < 4.78 is 5.10. The predicted molar refractivity (Wildman–Crippen MR) is 59.4 cm³/mol. The largest absolute Gasteiger partial charge is 0.497 e. The monoisotopic (exact) mass is 214 g/mol. The molecule has 0 aliphatic heterocycles. The van der Waals surface area contributed by atoms with Crippen molar-refractivity contribution >= 4 is 6.29 Å². The lowest BCUT2D eigenvalue weighted by Crippen LogP contribution is -1.91. The maximum Gasteiger partial charge on any atom is 0.159 e. The van der Waals surface area contributed by atoms with Crippen LogP contribution in [0.2, 0.25) is 0 Å². The smallest absolute Gasteiger partial charge is 0.159 e. The quantitative estimate of drug-likeness (QED) is 0.733. The number of carbonyl (C=O) groups is 1. The van der Waals surface area contributed by atoms with Crippen LogP contribution in [-0.2, 0) is 0 Å². The Hall–Kier alpha value is -2.23. The number of ether oxygens (including phenoxy) is 1. The first-order chi connectivity index (χ1) is 7.83. The Labute approximate surface area is 92.9 Å². The second-order valence-electron chi connectivity index (χ2n) is 3.19. The number of nitrogens with zero attached hydrogens (tertiary/aromatic N) is 2. The molecule has 1 aromatic heterocycles. The molecular formula is C12H10N2O2. The molecule has 2 aromatic rings. The Bertz CT molecular complexity index is 498. The van der Waals surface area contributed by atoms with Crippen LogP contribution in [0.25, 0.3) is 11.4 Å². The molecule has 80 valence electrons. The van der Waals surface area contributed by atoms with Crippen molar-refractivity contribution in [3.63, 3.8) is 0 Å². The van der Waals surface area contributed by atoms with Gasteiger partial charge in [-0.15, -0.1) is 0 Å². The highest BCUT2D eigenvalue weighted by molar-refractivity contribution is 5.79. The minimum Gasteiger partial charge on any atom is -0.497 e. The van der Waals surface area contributed by atoms with E-state index < -0.39 is 0 Å². The molecule has 0 radical (unpaired) electrons. The Kier molecular flexibility index (Phi) is 2.91. The number of hydrogen-bond donors (Lipinski definition) is 0. The Morgan fingerprint density at radius 3 is 2.56 bits per heavy atom. The Morgan fingerprint density at radius 2 is 1.94 bits per heavy atom. The zero-order chi connectivity index (χ0) is 11.4. The first kappa shape index (κ1) is 10.3. The molecule has 0 unspecified atom stereocenters. The number of benzene rings is 1. The molecule has 0 aliphatic carbocycles. The van der Waals surface area contributed by atoms with E-state index in [0.717, 1.165) is 11.8 Å². The maximum atomic E-state index is 10.8. The third-order valence-electron chi connectivity index (χ3n) is 2.12. The van der Waals surface area contributed by atoms with Gasteiger partial charge in [-0.05, 0) is 24.3 Å². The third-order valence-corrected chi connectivity index (χ3v) is 2.12. The van der Waals surface area contributed by atoms with Gasteiger partial charge in [0.1, 0.15) is 12.0 Å². The predicted octanol–water partition coefficient (Wildman–Crippen LogP) is 1.96. The van der Waals surface area contributed by atoms with Crippen LogP contribution in [0.4, 0.5) is 0 Å². The molecule has 16 heavy (non-hydrogen) atoms. The summed E-state index contributed by atoms with van der Waals surface area (Å²) in [4.78, 5) is 19.0. The second-order valence-corrected chi connectivity index (χ2v) is 3.19. The highest BCUT2D eigenvalue weighted by atomic mass is 16.5. The van der Waals surface area contributed by atoms with Gasteiger partial charge in [0.25, 0.3) is 0 Å². The van der Waals surface area contributed by atoms with Crippen LogP contribution in [0, 0.1) is 0 Å². The van der Waals surface area contributed by atoms with Crippen LogP contribution in [0.15, 0.2) is 36.7 Å². The number of hydrogen-bond acceptors (Lipinski definition) is 4. The van der Waals surface area contributed by atoms with Crippen LogP contribution in [0.5, 0.6) is 5.75 Å². The topological polar surface area (TPSA) is 52.1 Å². The number of aromatic nitrogens is 2. The second kappa shape index (κ2) is 4.53. The van der Waals surface area contributed by atoms with Crippen molar-refractivity contribution in [1.82, 2.24) is 9.97 Å². The van der Waals surface area contributed by atoms with Gasteiger partial charge < -0.3 is 4.74 Å². The van der Waals surface area contributed by atoms with Crippen LogP contribution in [0.1, 0.15) is 10.4 Å². The van der Waals surface area contributed by atoms with Gasteiger partial charge in [-0.1, -0.05) is 0 Å². The molecule has 2 rings (SSSR count). The summed E-state index contributed by atoms with van der Waals surface area (Å²) in [7, 11) is 1.56. The highest BCUT2D eigenvalue weighted by Gasteiger charge is 2.04. The van der Waals surface area contributed by atoms with E-state index in [0.29, 0.717) is 17.1 Å². The lowest BCUT2D eigenvalue weighted by Gasteiger charge is -2.04. The Morgan fingerprint density at radius 1 is 1.19 bits per heavy atom. The normalized spacial score (nSPS) is 9.81. The lowest BCUT2D eigenvalue weighted by molar-refractivity contribution is 0.112. The minimum atomic E-state index is 0.543. The maximum absolute atomic E-state index is 10.8. The summed E-state index contributed by atoms with van der Waals surface area (Å²) in [5.41, 5.74) is 1.31. The minimum absolute atomic E-state index is 0.543. The molecule has 0 saturated heterocycles. The van der Waals surface area contributed by atoms with Crippen molar-refractivity contribution in [3.8, 4) is 17.1 Å². The standard InChI is InChI=1S/C12H10N2O2/c1-16-11-6-9(8-15)5-10(7-11)12-13-3-2-4-14-12/h2-8H,1H3. The molecule has 0 fully saturated rings. The van der Waals surface area contributed by atoms with E-state index in [1.54, 1.807) is 43.8 Å². The van der Waals surface area contributed by atoms with Crippen LogP contribution in [0.3, 0.4) is 0 Å². The average molecular weight is 214 g/mol. The highest BCUT2D eigenvalue weighted by Crippen LogP contribution is 2.22. The van der Waals surface area contributed by atoms with Gasteiger partial charge >= 0.3 is 0 Å². The third kappa shape index (κ3) is 2.06. The summed E-state index contributed by atoms with van der Waals surface area (Å²) in [5, 5.41) is 0. The Balaban J connectivity index is 2.52. The molecule has 0 atom stereocenters. The zero-order valence-corrected chi connectivity index (χ0v) is 8.75. The molecule has 4 nitrogen and oxygen atoms in total. The summed E-state index contributed by atoms with van der Waals surface area (Å²) in [5.74, 6) is 1.19. The van der Waals surface area contributed by atoms with Crippen molar-refractivity contribution in [2.75, 3.05) is 7.11 Å². The molecule has 0 bridgehead atoms. The van der Waals surface area contributed by atoms with Gasteiger partial charge in [-0.25, -0.2) is 9.97 Å². The SMILES string of the molecule is COc1cc(C=O)cc(-c2ncccn2)c1. The molecule has 0 amide bonds. The van der Waals surface area contributed by atoms with Crippen LogP contribution < -0.4 is 4.74 Å². The number of carbonyl (C=O) groups excluding carboxylic acids is 1. The summed E-state index contributed by atoms with van der Waals surface area (Å²) in [6.45, 7) is 0. The molecule has 1 aromatic carbocycles. The molecule has 0 saturated carbocycles. The van der Waals surface area contributed by atoms with Gasteiger partial charge in [0.15, 0.2) is 5.82 Å². The molecule has 0 aliphatic rings. The fourth-order valence-corrected chi connectivity index (χ4v) is 1.39. The van der Waals surface area contributed by atoms with E-state index in [9.17, 15) is 4.79 Å².